The van der Waals surface area contributed by atoms with Crippen molar-refractivity contribution in [1.29, 1.82) is 0 Å². The van der Waals surface area contributed by atoms with E-state index in [-0.39, 0.29) is 11.9 Å². The minimum Gasteiger partial charge on any atom is -0.378 e. The second-order valence-electron chi connectivity index (χ2n) is 6.74. The average Bonchev–Trinajstić information content (AvgIpc) is 2.69. The number of anilines is 3. The number of benzene rings is 1. The summed E-state index contributed by atoms with van der Waals surface area (Å²) in [6, 6.07) is 9.20. The molecule has 6 nitrogen and oxygen atoms in total. The second-order valence-corrected chi connectivity index (χ2v) is 6.74. The van der Waals surface area contributed by atoms with Crippen molar-refractivity contribution in [3.63, 3.8) is 0 Å². The number of nitrogens with zero attached hydrogens (tertiary/aromatic N) is 4. The van der Waals surface area contributed by atoms with E-state index < -0.39 is 0 Å². The number of nitrogens with one attached hydrogen (secondary N) is 1. The van der Waals surface area contributed by atoms with Crippen molar-refractivity contribution in [2.24, 2.45) is 0 Å². The standard InChI is InChI=1S/C19H24FN5O/c20-16-5-1-2-6-17(16)25-7-3-4-15(13-25)23-18-12-19(22-14-21-18)24-8-10-26-11-9-24/h1-2,5-6,12,14-15H,3-4,7-11,13H2,(H,21,22,23). The van der Waals surface area contributed by atoms with Crippen LogP contribution >= 0.6 is 0 Å². The predicted molar refractivity (Wildman–Crippen MR) is 100 cm³/mol. The SMILES string of the molecule is Fc1ccccc1N1CCCC(Nc2cc(N3CCOCC3)ncn2)C1. The van der Waals surface area contributed by atoms with Gasteiger partial charge in [-0.1, -0.05) is 12.1 Å². The van der Waals surface area contributed by atoms with Crippen LogP contribution in [0.2, 0.25) is 0 Å². The lowest BCUT2D eigenvalue weighted by atomic mass is 10.0. The molecule has 3 heterocycles. The topological polar surface area (TPSA) is 53.5 Å². The summed E-state index contributed by atoms with van der Waals surface area (Å²) in [7, 11) is 0. The Morgan fingerprint density at radius 1 is 1.08 bits per heavy atom. The number of para-hydroxylation sites is 1. The van der Waals surface area contributed by atoms with Crippen LogP contribution in [0.25, 0.3) is 0 Å². The van der Waals surface area contributed by atoms with Crippen LogP contribution in [0.3, 0.4) is 0 Å². The summed E-state index contributed by atoms with van der Waals surface area (Å²) in [5.74, 6) is 1.58. The Balaban J connectivity index is 1.43. The maximum atomic E-state index is 14.1. The van der Waals surface area contributed by atoms with Crippen LogP contribution < -0.4 is 15.1 Å². The van der Waals surface area contributed by atoms with Crippen molar-refractivity contribution in [3.05, 3.63) is 42.5 Å². The van der Waals surface area contributed by atoms with Gasteiger partial charge < -0.3 is 19.9 Å². The molecule has 138 valence electrons. The number of hydrogen-bond donors (Lipinski definition) is 1. The van der Waals surface area contributed by atoms with Crippen LogP contribution in [-0.4, -0.2) is 55.4 Å². The van der Waals surface area contributed by atoms with Gasteiger partial charge in [-0.15, -0.1) is 0 Å². The third kappa shape index (κ3) is 3.88. The first-order valence-corrected chi connectivity index (χ1v) is 9.20. The van der Waals surface area contributed by atoms with Crippen LogP contribution in [0.15, 0.2) is 36.7 Å². The summed E-state index contributed by atoms with van der Waals surface area (Å²) in [6.45, 7) is 4.79. The van der Waals surface area contributed by atoms with E-state index in [4.69, 9.17) is 4.74 Å². The molecule has 4 rings (SSSR count). The highest BCUT2D eigenvalue weighted by molar-refractivity contribution is 5.51. The number of halogens is 1. The molecule has 2 fully saturated rings. The molecule has 2 saturated heterocycles. The Morgan fingerprint density at radius 2 is 1.92 bits per heavy atom. The lowest BCUT2D eigenvalue weighted by Crippen LogP contribution is -2.42. The Kier molecular flexibility index (Phi) is 5.15. The normalized spacial score (nSPS) is 20.9. The predicted octanol–water partition coefficient (Wildman–Crippen LogP) is 2.53. The third-order valence-electron chi connectivity index (χ3n) is 4.95. The van der Waals surface area contributed by atoms with Crippen molar-refractivity contribution in [1.82, 2.24) is 9.97 Å². The maximum Gasteiger partial charge on any atom is 0.146 e. The van der Waals surface area contributed by atoms with E-state index in [9.17, 15) is 4.39 Å². The first-order chi connectivity index (χ1) is 12.8. The van der Waals surface area contributed by atoms with Crippen molar-refractivity contribution >= 4 is 17.3 Å². The van der Waals surface area contributed by atoms with Crippen molar-refractivity contribution in [2.45, 2.75) is 18.9 Å². The van der Waals surface area contributed by atoms with Crippen LogP contribution in [-0.2, 0) is 4.74 Å². The summed E-state index contributed by atoms with van der Waals surface area (Å²) in [5, 5.41) is 3.51. The highest BCUT2D eigenvalue weighted by atomic mass is 19.1. The molecule has 0 aliphatic carbocycles. The lowest BCUT2D eigenvalue weighted by Gasteiger charge is -2.35. The van der Waals surface area contributed by atoms with E-state index in [1.807, 2.05) is 18.2 Å². The number of morpholine rings is 1. The summed E-state index contributed by atoms with van der Waals surface area (Å²) >= 11 is 0. The molecule has 2 aromatic rings. The zero-order valence-corrected chi connectivity index (χ0v) is 14.8. The molecule has 1 aromatic carbocycles. The van der Waals surface area contributed by atoms with E-state index >= 15 is 0 Å². The Labute approximate surface area is 153 Å². The van der Waals surface area contributed by atoms with Crippen molar-refractivity contribution < 1.29 is 9.13 Å². The highest BCUT2D eigenvalue weighted by Gasteiger charge is 2.22. The van der Waals surface area contributed by atoms with Gasteiger partial charge in [-0.05, 0) is 25.0 Å². The smallest absolute Gasteiger partial charge is 0.146 e. The van der Waals surface area contributed by atoms with Gasteiger partial charge in [-0.25, -0.2) is 14.4 Å². The number of aromatic nitrogens is 2. The molecular weight excluding hydrogens is 333 g/mol. The van der Waals surface area contributed by atoms with E-state index in [1.165, 1.54) is 6.07 Å². The fourth-order valence-electron chi connectivity index (χ4n) is 3.62. The summed E-state index contributed by atoms with van der Waals surface area (Å²) in [6.07, 6.45) is 3.67. The molecule has 0 amide bonds. The third-order valence-corrected chi connectivity index (χ3v) is 4.95. The van der Waals surface area contributed by atoms with Crippen LogP contribution in [0.5, 0.6) is 0 Å². The maximum absolute atomic E-state index is 14.1. The fraction of sp³-hybridized carbons (Fsp3) is 0.474. The van der Waals surface area contributed by atoms with Crippen LogP contribution in [0, 0.1) is 5.82 Å². The van der Waals surface area contributed by atoms with Crippen LogP contribution in [0.4, 0.5) is 21.7 Å². The quantitative estimate of drug-likeness (QED) is 0.908. The zero-order valence-electron chi connectivity index (χ0n) is 14.8. The molecule has 26 heavy (non-hydrogen) atoms. The minimum atomic E-state index is -0.162. The molecule has 1 aromatic heterocycles. The number of rotatable bonds is 4. The molecular formula is C19H24FN5O. The van der Waals surface area contributed by atoms with Gasteiger partial charge in [0.25, 0.3) is 0 Å². The molecule has 2 aliphatic rings. The molecule has 0 bridgehead atoms. The monoisotopic (exact) mass is 357 g/mol. The van der Waals surface area contributed by atoms with Crippen molar-refractivity contribution in [2.75, 3.05) is 54.5 Å². The fourth-order valence-corrected chi connectivity index (χ4v) is 3.62. The number of ether oxygens (including phenoxy) is 1. The molecule has 1 atom stereocenters. The zero-order chi connectivity index (χ0) is 17.8. The Morgan fingerprint density at radius 3 is 2.77 bits per heavy atom. The largest absolute Gasteiger partial charge is 0.378 e. The van der Waals surface area contributed by atoms with E-state index in [0.717, 1.165) is 63.9 Å². The van der Waals surface area contributed by atoms with E-state index in [0.29, 0.717) is 5.69 Å². The average molecular weight is 357 g/mol. The molecule has 0 spiro atoms. The number of piperidine rings is 1. The van der Waals surface area contributed by atoms with E-state index in [2.05, 4.69) is 25.1 Å². The van der Waals surface area contributed by atoms with Gasteiger partial charge in [0.05, 0.1) is 18.9 Å². The molecule has 1 N–H and O–H groups in total. The minimum absolute atomic E-state index is 0.162. The summed E-state index contributed by atoms with van der Waals surface area (Å²) < 4.78 is 19.5. The van der Waals surface area contributed by atoms with E-state index in [1.54, 1.807) is 12.4 Å². The summed E-state index contributed by atoms with van der Waals surface area (Å²) in [4.78, 5) is 13.1. The van der Waals surface area contributed by atoms with Gasteiger partial charge in [0.15, 0.2) is 0 Å². The molecule has 1 unspecified atom stereocenters. The van der Waals surface area contributed by atoms with Gasteiger partial charge >= 0.3 is 0 Å². The first kappa shape index (κ1) is 17.0. The van der Waals surface area contributed by atoms with Gasteiger partial charge in [0.1, 0.15) is 23.8 Å². The van der Waals surface area contributed by atoms with Gasteiger partial charge in [0, 0.05) is 38.3 Å². The number of hydrogen-bond acceptors (Lipinski definition) is 6. The first-order valence-electron chi connectivity index (χ1n) is 9.20. The molecule has 0 radical (unpaired) electrons. The lowest BCUT2D eigenvalue weighted by molar-refractivity contribution is 0.122. The van der Waals surface area contributed by atoms with Crippen LogP contribution in [0.1, 0.15) is 12.8 Å². The molecule has 0 saturated carbocycles. The van der Waals surface area contributed by atoms with Gasteiger partial charge in [0.2, 0.25) is 0 Å². The molecule has 2 aliphatic heterocycles. The highest BCUT2D eigenvalue weighted by Crippen LogP contribution is 2.24. The van der Waals surface area contributed by atoms with Gasteiger partial charge in [-0.2, -0.15) is 0 Å². The summed E-state index contributed by atoms with van der Waals surface area (Å²) in [5.41, 5.74) is 0.677. The van der Waals surface area contributed by atoms with Crippen molar-refractivity contribution in [3.8, 4) is 0 Å². The van der Waals surface area contributed by atoms with Gasteiger partial charge in [-0.3, -0.25) is 0 Å². The second kappa shape index (κ2) is 7.86. The molecule has 7 heteroatoms. The Hall–Kier alpha value is -2.41. The Bertz CT molecular complexity index is 737.